The molecule has 0 atom stereocenters. The van der Waals surface area contributed by atoms with E-state index in [0.29, 0.717) is 31.7 Å². The molecule has 0 unspecified atom stereocenters. The van der Waals surface area contributed by atoms with Crippen molar-refractivity contribution < 1.29 is 14.2 Å². The molecule has 7 heteroatoms. The van der Waals surface area contributed by atoms with Gasteiger partial charge in [-0.2, -0.15) is 0 Å². The van der Waals surface area contributed by atoms with Gasteiger partial charge in [-0.25, -0.2) is 0 Å². The van der Waals surface area contributed by atoms with Crippen LogP contribution in [-0.2, 0) is 16.0 Å². The number of nitrogens with one attached hydrogen (secondary N) is 2. The molecule has 31 heavy (non-hydrogen) atoms. The third-order valence-electron chi connectivity index (χ3n) is 5.49. The number of aliphatic imine (C=N–C) groups is 1. The Labute approximate surface area is 188 Å². The van der Waals surface area contributed by atoms with Gasteiger partial charge >= 0.3 is 0 Å². The molecular weight excluding hydrogens is 392 g/mol. The second-order valence-corrected chi connectivity index (χ2v) is 8.47. The Kier molecular flexibility index (Phi) is 12.3. The molecule has 176 valence electrons. The predicted octanol–water partition coefficient (Wildman–Crippen LogP) is 2.90. The van der Waals surface area contributed by atoms with Crippen molar-refractivity contribution in [1.82, 2.24) is 15.5 Å². The Bertz CT molecular complexity index is 633. The van der Waals surface area contributed by atoms with Crippen molar-refractivity contribution in [3.63, 3.8) is 0 Å². The monoisotopic (exact) mass is 434 g/mol. The summed E-state index contributed by atoms with van der Waals surface area (Å²) in [5, 5.41) is 6.64. The van der Waals surface area contributed by atoms with Gasteiger partial charge < -0.3 is 24.8 Å². The van der Waals surface area contributed by atoms with Crippen molar-refractivity contribution in [2.24, 2.45) is 10.9 Å². The van der Waals surface area contributed by atoms with Crippen LogP contribution in [-0.4, -0.2) is 77.1 Å². The minimum atomic E-state index is 0.604. The summed E-state index contributed by atoms with van der Waals surface area (Å²) in [4.78, 5) is 6.66. The highest BCUT2D eigenvalue weighted by atomic mass is 16.5. The number of nitrogens with zero attached hydrogens (tertiary/aromatic N) is 2. The first kappa shape index (κ1) is 25.4. The molecule has 1 aliphatic rings. The maximum absolute atomic E-state index is 6.00. The topological polar surface area (TPSA) is 67.4 Å². The number of likely N-dealkylation sites (N-methyl/N-ethyl adjacent to an activating group) is 1. The summed E-state index contributed by atoms with van der Waals surface area (Å²) in [7, 11) is 3.96. The molecular formula is C24H42N4O3. The van der Waals surface area contributed by atoms with Crippen LogP contribution in [0.5, 0.6) is 5.75 Å². The second kappa shape index (κ2) is 15.1. The molecule has 7 nitrogen and oxygen atoms in total. The summed E-state index contributed by atoms with van der Waals surface area (Å²) in [5.41, 5.74) is 1.16. The van der Waals surface area contributed by atoms with Gasteiger partial charge in [0.2, 0.25) is 0 Å². The van der Waals surface area contributed by atoms with Gasteiger partial charge in [0.05, 0.1) is 6.61 Å². The van der Waals surface area contributed by atoms with E-state index >= 15 is 0 Å². The van der Waals surface area contributed by atoms with E-state index in [1.165, 1.54) is 0 Å². The number of guanidine groups is 1. The van der Waals surface area contributed by atoms with Crippen LogP contribution in [0.2, 0.25) is 0 Å². The zero-order valence-electron chi connectivity index (χ0n) is 19.9. The van der Waals surface area contributed by atoms with Gasteiger partial charge in [0.25, 0.3) is 0 Å². The van der Waals surface area contributed by atoms with Crippen LogP contribution in [0.3, 0.4) is 0 Å². The first-order valence-electron chi connectivity index (χ1n) is 11.6. The van der Waals surface area contributed by atoms with Crippen molar-refractivity contribution in [1.29, 1.82) is 0 Å². The van der Waals surface area contributed by atoms with Crippen LogP contribution < -0.4 is 15.4 Å². The number of rotatable bonds is 13. The first-order valence-corrected chi connectivity index (χ1v) is 11.6. The van der Waals surface area contributed by atoms with E-state index in [-0.39, 0.29) is 0 Å². The van der Waals surface area contributed by atoms with Gasteiger partial charge in [-0.1, -0.05) is 26.0 Å². The van der Waals surface area contributed by atoms with E-state index in [1.54, 1.807) is 7.05 Å². The van der Waals surface area contributed by atoms with E-state index in [9.17, 15) is 0 Å². The van der Waals surface area contributed by atoms with Gasteiger partial charge in [-0.15, -0.1) is 0 Å². The fourth-order valence-corrected chi connectivity index (χ4v) is 3.43. The Morgan fingerprint density at radius 2 is 2.00 bits per heavy atom. The third kappa shape index (κ3) is 10.8. The van der Waals surface area contributed by atoms with Crippen LogP contribution in [0.1, 0.15) is 38.7 Å². The van der Waals surface area contributed by atoms with Crippen molar-refractivity contribution in [3.05, 3.63) is 29.8 Å². The minimum Gasteiger partial charge on any atom is -0.492 e. The van der Waals surface area contributed by atoms with Crippen LogP contribution in [0.25, 0.3) is 0 Å². The standard InChI is InChI=1S/C24H42N4O3/c1-20(2)8-13-30-16-11-26-24(25-3)27-19-21-6-5-7-23(18-21)31-17-12-28(4)22-9-14-29-15-10-22/h5-7,18,20,22H,8-17,19H2,1-4H3,(H2,25,26,27). The SMILES string of the molecule is CN=C(NCCOCCC(C)C)NCc1cccc(OCCN(C)C2CCOCC2)c1. The zero-order chi connectivity index (χ0) is 22.3. The normalized spacial score (nSPS) is 15.5. The summed E-state index contributed by atoms with van der Waals surface area (Å²) in [5.74, 6) is 2.35. The van der Waals surface area contributed by atoms with Crippen molar-refractivity contribution >= 4 is 5.96 Å². The number of ether oxygens (including phenoxy) is 3. The fraction of sp³-hybridized carbons (Fsp3) is 0.708. The average molecular weight is 435 g/mol. The fourth-order valence-electron chi connectivity index (χ4n) is 3.43. The molecule has 1 fully saturated rings. The summed E-state index contributed by atoms with van der Waals surface area (Å²) in [6, 6.07) is 8.83. The molecule has 1 aromatic rings. The zero-order valence-corrected chi connectivity index (χ0v) is 19.9. The highest BCUT2D eigenvalue weighted by Gasteiger charge is 2.17. The number of hydrogen-bond donors (Lipinski definition) is 2. The van der Waals surface area contributed by atoms with Crippen molar-refractivity contribution in [2.75, 3.05) is 60.2 Å². The van der Waals surface area contributed by atoms with Gasteiger partial charge in [-0.3, -0.25) is 9.89 Å². The quantitative estimate of drug-likeness (QED) is 0.283. The molecule has 0 radical (unpaired) electrons. The molecule has 1 aromatic carbocycles. The molecule has 1 heterocycles. The summed E-state index contributed by atoms with van der Waals surface area (Å²) in [6.45, 7) is 10.7. The van der Waals surface area contributed by atoms with Gasteiger partial charge in [0, 0.05) is 52.5 Å². The second-order valence-electron chi connectivity index (χ2n) is 8.47. The van der Waals surface area contributed by atoms with Gasteiger partial charge in [-0.05, 0) is 49.9 Å². The number of benzene rings is 1. The highest BCUT2D eigenvalue weighted by Crippen LogP contribution is 2.15. The maximum Gasteiger partial charge on any atom is 0.191 e. The molecule has 0 spiro atoms. The van der Waals surface area contributed by atoms with Crippen LogP contribution >= 0.6 is 0 Å². The Hall–Kier alpha value is -1.83. The van der Waals surface area contributed by atoms with E-state index in [1.807, 2.05) is 12.1 Å². The Morgan fingerprint density at radius 3 is 2.74 bits per heavy atom. The smallest absolute Gasteiger partial charge is 0.191 e. The molecule has 1 saturated heterocycles. The van der Waals surface area contributed by atoms with Crippen LogP contribution in [0.15, 0.2) is 29.3 Å². The van der Waals surface area contributed by atoms with Gasteiger partial charge in [0.1, 0.15) is 12.4 Å². The summed E-state index contributed by atoms with van der Waals surface area (Å²) >= 11 is 0. The van der Waals surface area contributed by atoms with Crippen LogP contribution in [0.4, 0.5) is 0 Å². The van der Waals surface area contributed by atoms with E-state index < -0.39 is 0 Å². The van der Waals surface area contributed by atoms with Gasteiger partial charge in [0.15, 0.2) is 5.96 Å². The van der Waals surface area contributed by atoms with Crippen molar-refractivity contribution in [2.45, 2.75) is 45.7 Å². The largest absolute Gasteiger partial charge is 0.492 e. The summed E-state index contributed by atoms with van der Waals surface area (Å²) in [6.07, 6.45) is 3.31. The lowest BCUT2D eigenvalue weighted by Crippen LogP contribution is -2.38. The van der Waals surface area contributed by atoms with Crippen molar-refractivity contribution in [3.8, 4) is 5.75 Å². The Balaban J connectivity index is 1.65. The molecule has 0 aromatic heterocycles. The Morgan fingerprint density at radius 1 is 1.19 bits per heavy atom. The number of hydrogen-bond acceptors (Lipinski definition) is 5. The average Bonchev–Trinajstić information content (AvgIpc) is 2.78. The lowest BCUT2D eigenvalue weighted by molar-refractivity contribution is 0.0392. The molecule has 0 aliphatic carbocycles. The lowest BCUT2D eigenvalue weighted by Gasteiger charge is -2.31. The van der Waals surface area contributed by atoms with E-state index in [0.717, 1.165) is 69.4 Å². The predicted molar refractivity (Wildman–Crippen MR) is 127 cm³/mol. The third-order valence-corrected chi connectivity index (χ3v) is 5.49. The minimum absolute atomic E-state index is 0.604. The summed E-state index contributed by atoms with van der Waals surface area (Å²) < 4.78 is 17.1. The first-order chi connectivity index (χ1) is 15.1. The van der Waals surface area contributed by atoms with E-state index in [2.05, 4.69) is 53.6 Å². The molecule has 2 rings (SSSR count). The van der Waals surface area contributed by atoms with E-state index in [4.69, 9.17) is 14.2 Å². The van der Waals surface area contributed by atoms with Crippen LogP contribution in [0, 0.1) is 5.92 Å². The maximum atomic E-state index is 6.00. The molecule has 1 aliphatic heterocycles. The molecule has 0 bridgehead atoms. The molecule has 0 saturated carbocycles. The molecule has 2 N–H and O–H groups in total. The lowest BCUT2D eigenvalue weighted by atomic mass is 10.1. The molecule has 0 amide bonds. The highest BCUT2D eigenvalue weighted by molar-refractivity contribution is 5.79.